The Labute approximate surface area is 134 Å². The van der Waals surface area contributed by atoms with E-state index in [0.717, 1.165) is 21.6 Å². The van der Waals surface area contributed by atoms with Gasteiger partial charge in [-0.1, -0.05) is 32.6 Å². The molecule has 21 heavy (non-hydrogen) atoms. The van der Waals surface area contributed by atoms with Crippen molar-refractivity contribution in [1.29, 1.82) is 0 Å². The van der Waals surface area contributed by atoms with Crippen LogP contribution in [0.1, 0.15) is 11.7 Å². The van der Waals surface area contributed by atoms with Gasteiger partial charge in [0.15, 0.2) is 0 Å². The lowest BCUT2D eigenvalue weighted by Crippen LogP contribution is -2.44. The molecule has 1 N–H and O–H groups in total. The third-order valence-electron chi connectivity index (χ3n) is 3.19. The number of nitrogens with one attached hydrogen (secondary N) is 1. The maximum absolute atomic E-state index is 12.2. The third-order valence-corrected chi connectivity index (χ3v) is 4.30. The standard InChI is InChI=1S/C13H13BrN4O2S/c14-10-3-1-9(2-4-10)11-8-18(5-6-20-11)13(19)16-12-7-15-17-21-12/h1-4,7,11H,5-6,8H2,(H,16,19). The van der Waals surface area contributed by atoms with Crippen molar-refractivity contribution in [1.82, 2.24) is 14.5 Å². The molecular formula is C13H13BrN4O2S. The van der Waals surface area contributed by atoms with E-state index in [9.17, 15) is 4.79 Å². The molecule has 0 radical (unpaired) electrons. The average molecular weight is 369 g/mol. The first-order chi connectivity index (χ1) is 10.2. The first-order valence-electron chi connectivity index (χ1n) is 6.43. The highest BCUT2D eigenvalue weighted by molar-refractivity contribution is 9.10. The second-order valence-corrected chi connectivity index (χ2v) is 6.27. The lowest BCUT2D eigenvalue weighted by molar-refractivity contribution is -0.0135. The zero-order chi connectivity index (χ0) is 14.7. The summed E-state index contributed by atoms with van der Waals surface area (Å²) in [6.07, 6.45) is 1.44. The van der Waals surface area contributed by atoms with Crippen molar-refractivity contribution in [2.45, 2.75) is 6.10 Å². The molecule has 1 aromatic carbocycles. The molecule has 2 heterocycles. The second kappa shape index (κ2) is 6.50. The summed E-state index contributed by atoms with van der Waals surface area (Å²) in [5, 5.41) is 7.13. The SMILES string of the molecule is O=C(Nc1cnns1)N1CCOC(c2ccc(Br)cc2)C1. The monoisotopic (exact) mass is 368 g/mol. The highest BCUT2D eigenvalue weighted by Crippen LogP contribution is 2.24. The summed E-state index contributed by atoms with van der Waals surface area (Å²) in [4.78, 5) is 13.9. The molecule has 1 atom stereocenters. The first-order valence-corrected chi connectivity index (χ1v) is 7.99. The van der Waals surface area contributed by atoms with E-state index in [-0.39, 0.29) is 12.1 Å². The molecule has 6 nitrogen and oxygen atoms in total. The number of aromatic nitrogens is 2. The number of halogens is 1. The van der Waals surface area contributed by atoms with E-state index < -0.39 is 0 Å². The average Bonchev–Trinajstić information content (AvgIpc) is 3.01. The fraction of sp³-hybridized carbons (Fsp3) is 0.308. The summed E-state index contributed by atoms with van der Waals surface area (Å²) in [6, 6.07) is 7.81. The lowest BCUT2D eigenvalue weighted by Gasteiger charge is -2.33. The number of rotatable bonds is 2. The summed E-state index contributed by atoms with van der Waals surface area (Å²) >= 11 is 4.57. The molecule has 1 aliphatic rings. The van der Waals surface area contributed by atoms with Gasteiger partial charge in [-0.3, -0.25) is 5.32 Å². The highest BCUT2D eigenvalue weighted by atomic mass is 79.9. The number of carbonyl (C=O) groups is 1. The van der Waals surface area contributed by atoms with Gasteiger partial charge in [0.1, 0.15) is 11.1 Å². The normalized spacial score (nSPS) is 18.5. The maximum atomic E-state index is 12.2. The Morgan fingerprint density at radius 1 is 1.43 bits per heavy atom. The van der Waals surface area contributed by atoms with Crippen LogP contribution in [0.25, 0.3) is 0 Å². The number of amides is 2. The predicted molar refractivity (Wildman–Crippen MR) is 83.3 cm³/mol. The first kappa shape index (κ1) is 14.4. The van der Waals surface area contributed by atoms with Crippen LogP contribution in [0.4, 0.5) is 9.80 Å². The molecular weight excluding hydrogens is 356 g/mol. The molecule has 1 saturated heterocycles. The Morgan fingerprint density at radius 2 is 2.24 bits per heavy atom. The molecule has 110 valence electrons. The second-order valence-electron chi connectivity index (χ2n) is 4.57. The number of hydrogen-bond acceptors (Lipinski definition) is 5. The number of benzene rings is 1. The van der Waals surface area contributed by atoms with Crippen molar-refractivity contribution in [3.8, 4) is 0 Å². The number of urea groups is 1. The zero-order valence-electron chi connectivity index (χ0n) is 11.0. The molecule has 2 aromatic rings. The fourth-order valence-corrected chi connectivity index (χ4v) is 2.79. The van der Waals surface area contributed by atoms with Gasteiger partial charge >= 0.3 is 6.03 Å². The Bertz CT molecular complexity index is 605. The molecule has 1 fully saturated rings. The molecule has 0 aliphatic carbocycles. The zero-order valence-corrected chi connectivity index (χ0v) is 13.4. The summed E-state index contributed by atoms with van der Waals surface area (Å²) in [5.41, 5.74) is 1.06. The van der Waals surface area contributed by atoms with Crippen LogP contribution < -0.4 is 5.32 Å². The van der Waals surface area contributed by atoms with Crippen LogP contribution >= 0.6 is 27.5 Å². The van der Waals surface area contributed by atoms with Crippen molar-refractivity contribution in [2.75, 3.05) is 25.0 Å². The van der Waals surface area contributed by atoms with Gasteiger partial charge in [0.2, 0.25) is 0 Å². The predicted octanol–water partition coefficient (Wildman–Crippen LogP) is 2.91. The number of morpholine rings is 1. The van der Waals surface area contributed by atoms with Crippen LogP contribution in [0.15, 0.2) is 34.9 Å². The van der Waals surface area contributed by atoms with E-state index >= 15 is 0 Å². The Morgan fingerprint density at radius 3 is 2.95 bits per heavy atom. The molecule has 1 aliphatic heterocycles. The van der Waals surface area contributed by atoms with Crippen molar-refractivity contribution >= 4 is 38.5 Å². The van der Waals surface area contributed by atoms with Gasteiger partial charge in [-0.25, -0.2) is 4.79 Å². The van der Waals surface area contributed by atoms with Gasteiger partial charge in [0.05, 0.1) is 19.3 Å². The molecule has 1 aromatic heterocycles. The number of ether oxygens (including phenoxy) is 1. The summed E-state index contributed by atoms with van der Waals surface area (Å²) in [5.74, 6) is 0. The summed E-state index contributed by atoms with van der Waals surface area (Å²) in [7, 11) is 0. The topological polar surface area (TPSA) is 67.4 Å². The van der Waals surface area contributed by atoms with Crippen LogP contribution in [0.3, 0.4) is 0 Å². The van der Waals surface area contributed by atoms with E-state index in [1.807, 2.05) is 24.3 Å². The van der Waals surface area contributed by atoms with Gasteiger partial charge in [0, 0.05) is 22.5 Å². The van der Waals surface area contributed by atoms with Crippen molar-refractivity contribution < 1.29 is 9.53 Å². The van der Waals surface area contributed by atoms with E-state index in [0.29, 0.717) is 24.7 Å². The number of anilines is 1. The fourth-order valence-electron chi connectivity index (χ4n) is 2.12. The number of hydrogen-bond donors (Lipinski definition) is 1. The lowest BCUT2D eigenvalue weighted by atomic mass is 10.1. The Hall–Kier alpha value is -1.51. The van der Waals surface area contributed by atoms with Crippen LogP contribution in [-0.4, -0.2) is 40.2 Å². The van der Waals surface area contributed by atoms with Crippen LogP contribution in [0.5, 0.6) is 0 Å². The van der Waals surface area contributed by atoms with Gasteiger partial charge in [-0.15, -0.1) is 5.10 Å². The van der Waals surface area contributed by atoms with Gasteiger partial charge in [0.25, 0.3) is 0 Å². The van der Waals surface area contributed by atoms with E-state index in [4.69, 9.17) is 4.74 Å². The highest BCUT2D eigenvalue weighted by Gasteiger charge is 2.25. The smallest absolute Gasteiger partial charge is 0.322 e. The molecule has 0 saturated carbocycles. The minimum atomic E-state index is -0.147. The van der Waals surface area contributed by atoms with Crippen molar-refractivity contribution in [3.05, 3.63) is 40.5 Å². The number of carbonyl (C=O) groups excluding carboxylic acids is 1. The Kier molecular flexibility index (Phi) is 4.47. The van der Waals surface area contributed by atoms with Gasteiger partial charge in [-0.05, 0) is 17.7 Å². The molecule has 0 bridgehead atoms. The molecule has 0 spiro atoms. The van der Waals surface area contributed by atoms with E-state index in [1.54, 1.807) is 4.90 Å². The van der Waals surface area contributed by atoms with E-state index in [1.165, 1.54) is 6.20 Å². The quantitative estimate of drug-likeness (QED) is 0.884. The summed E-state index contributed by atoms with van der Waals surface area (Å²) < 4.78 is 10.5. The van der Waals surface area contributed by atoms with Crippen molar-refractivity contribution in [3.63, 3.8) is 0 Å². The largest absolute Gasteiger partial charge is 0.370 e. The van der Waals surface area contributed by atoms with E-state index in [2.05, 4.69) is 30.8 Å². The van der Waals surface area contributed by atoms with Gasteiger partial charge < -0.3 is 9.64 Å². The van der Waals surface area contributed by atoms with Crippen LogP contribution in [-0.2, 0) is 4.74 Å². The minimum absolute atomic E-state index is 0.0998. The third kappa shape index (κ3) is 3.58. The van der Waals surface area contributed by atoms with Crippen molar-refractivity contribution in [2.24, 2.45) is 0 Å². The molecule has 2 amide bonds. The Balaban J connectivity index is 1.65. The van der Waals surface area contributed by atoms with Crippen LogP contribution in [0.2, 0.25) is 0 Å². The number of nitrogens with zero attached hydrogens (tertiary/aromatic N) is 3. The molecule has 8 heteroatoms. The van der Waals surface area contributed by atoms with Gasteiger partial charge in [-0.2, -0.15) is 0 Å². The molecule has 3 rings (SSSR count). The minimum Gasteiger partial charge on any atom is -0.370 e. The maximum Gasteiger partial charge on any atom is 0.322 e. The summed E-state index contributed by atoms with van der Waals surface area (Å²) in [6.45, 7) is 1.62. The molecule has 1 unspecified atom stereocenters. The van der Waals surface area contributed by atoms with Crippen LogP contribution in [0, 0.1) is 0 Å².